The predicted molar refractivity (Wildman–Crippen MR) is 123 cm³/mol. The van der Waals surface area contributed by atoms with Crippen LogP contribution in [-0.4, -0.2) is 27.2 Å². The van der Waals surface area contributed by atoms with E-state index in [1.807, 2.05) is 31.2 Å². The van der Waals surface area contributed by atoms with Crippen LogP contribution in [0.25, 0.3) is 10.9 Å². The number of aryl methyl sites for hydroxylation is 1. The third-order valence-corrected chi connectivity index (χ3v) is 7.09. The maximum Gasteiger partial charge on any atom is 0.211 e. The molecule has 4 rings (SSSR count). The van der Waals surface area contributed by atoms with E-state index in [2.05, 4.69) is 0 Å². The number of rotatable bonds is 6. The summed E-state index contributed by atoms with van der Waals surface area (Å²) >= 11 is 0. The zero-order chi connectivity index (χ0) is 22.9. The van der Waals surface area contributed by atoms with Crippen molar-refractivity contribution in [1.82, 2.24) is 4.57 Å². The molecule has 4 aromatic rings. The van der Waals surface area contributed by atoms with Gasteiger partial charge in [0, 0.05) is 18.8 Å². The molecule has 0 bridgehead atoms. The van der Waals surface area contributed by atoms with Crippen molar-refractivity contribution < 1.29 is 17.9 Å². The van der Waals surface area contributed by atoms with Crippen molar-refractivity contribution in [2.24, 2.45) is 0 Å². The van der Waals surface area contributed by atoms with Crippen LogP contribution in [0, 0.1) is 6.92 Å². The molecule has 3 aromatic carbocycles. The number of hydrogen-bond acceptors (Lipinski definition) is 5. The number of nitrogens with zero attached hydrogens (tertiary/aromatic N) is 1. The Balaban J connectivity index is 2.03. The number of pyridine rings is 1. The second kappa shape index (κ2) is 8.51. The van der Waals surface area contributed by atoms with Crippen molar-refractivity contribution in [1.29, 1.82) is 0 Å². The summed E-state index contributed by atoms with van der Waals surface area (Å²) in [6, 6.07) is 19.1. The summed E-state index contributed by atoms with van der Waals surface area (Å²) in [6.07, 6.45) is 1.42. The fourth-order valence-corrected chi connectivity index (χ4v) is 5.14. The lowest BCUT2D eigenvalue weighted by atomic mass is 10.1. The Hall–Kier alpha value is -3.58. The maximum atomic E-state index is 13.4. The third kappa shape index (κ3) is 3.87. The van der Waals surface area contributed by atoms with Crippen LogP contribution in [-0.2, 0) is 16.4 Å². The number of ether oxygens (including phenoxy) is 2. The second-order valence-electron chi connectivity index (χ2n) is 7.48. The first-order chi connectivity index (χ1) is 15.3. The first kappa shape index (κ1) is 21.6. The molecule has 0 N–H and O–H groups in total. The zero-order valence-corrected chi connectivity index (χ0v) is 18.8. The number of methoxy groups -OCH3 is 2. The monoisotopic (exact) mass is 449 g/mol. The minimum absolute atomic E-state index is 0.0685. The van der Waals surface area contributed by atoms with E-state index in [1.165, 1.54) is 38.6 Å². The van der Waals surface area contributed by atoms with Crippen molar-refractivity contribution in [3.05, 3.63) is 94.3 Å². The molecular weight excluding hydrogens is 426 g/mol. The van der Waals surface area contributed by atoms with Gasteiger partial charge in [0.15, 0.2) is 11.5 Å². The molecule has 32 heavy (non-hydrogen) atoms. The quantitative estimate of drug-likeness (QED) is 0.441. The number of aromatic nitrogens is 1. The lowest BCUT2D eigenvalue weighted by Crippen LogP contribution is -2.20. The molecule has 0 atom stereocenters. The molecule has 1 heterocycles. The molecule has 0 aliphatic carbocycles. The summed E-state index contributed by atoms with van der Waals surface area (Å²) < 4.78 is 39.3. The highest BCUT2D eigenvalue weighted by atomic mass is 32.2. The summed E-state index contributed by atoms with van der Waals surface area (Å²) in [6.45, 7) is 2.37. The maximum absolute atomic E-state index is 13.4. The van der Waals surface area contributed by atoms with Crippen molar-refractivity contribution >= 4 is 20.7 Å². The molecule has 6 nitrogen and oxygen atoms in total. The average molecular weight is 450 g/mol. The largest absolute Gasteiger partial charge is 0.493 e. The van der Waals surface area contributed by atoms with Crippen molar-refractivity contribution in [2.45, 2.75) is 23.3 Å². The molecule has 1 aromatic heterocycles. The van der Waals surface area contributed by atoms with Crippen LogP contribution in [0.15, 0.2) is 87.5 Å². The highest BCUT2D eigenvalue weighted by Gasteiger charge is 2.24. The van der Waals surface area contributed by atoms with Gasteiger partial charge in [-0.2, -0.15) is 0 Å². The van der Waals surface area contributed by atoms with Gasteiger partial charge in [0.1, 0.15) is 4.90 Å². The molecule has 0 radical (unpaired) electrons. The zero-order valence-electron chi connectivity index (χ0n) is 18.0. The van der Waals surface area contributed by atoms with Crippen molar-refractivity contribution in [3.63, 3.8) is 0 Å². The molecule has 0 fully saturated rings. The smallest absolute Gasteiger partial charge is 0.211 e. The summed E-state index contributed by atoms with van der Waals surface area (Å²) in [5, 5.41) is 0.243. The van der Waals surface area contributed by atoms with Gasteiger partial charge in [0.05, 0.1) is 30.0 Å². The Morgan fingerprint density at radius 2 is 1.56 bits per heavy atom. The van der Waals surface area contributed by atoms with E-state index in [4.69, 9.17) is 9.47 Å². The van der Waals surface area contributed by atoms with E-state index in [1.54, 1.807) is 28.8 Å². The normalized spacial score (nSPS) is 11.5. The topological polar surface area (TPSA) is 74.6 Å². The highest BCUT2D eigenvalue weighted by molar-refractivity contribution is 7.91. The Bertz CT molecular complexity index is 1460. The summed E-state index contributed by atoms with van der Waals surface area (Å²) in [4.78, 5) is 13.2. The Morgan fingerprint density at radius 3 is 2.22 bits per heavy atom. The van der Waals surface area contributed by atoms with E-state index in [0.29, 0.717) is 23.6 Å². The summed E-state index contributed by atoms with van der Waals surface area (Å²) in [5.74, 6) is 0.810. The standard InChI is InChI=1S/C25H23NO5S/c1-17-8-7-9-18(12-17)15-26-16-24(32(28,29)19-10-5-4-6-11-19)25(27)20-13-22(30-2)23(31-3)14-21(20)26/h4-14,16H,15H2,1-3H3. The number of fused-ring (bicyclic) bond motifs is 1. The molecule has 164 valence electrons. The van der Waals surface area contributed by atoms with Gasteiger partial charge in [-0.1, -0.05) is 48.0 Å². The van der Waals surface area contributed by atoms with Crippen LogP contribution in [0.5, 0.6) is 11.5 Å². The van der Waals surface area contributed by atoms with Gasteiger partial charge < -0.3 is 14.0 Å². The summed E-state index contributed by atoms with van der Waals surface area (Å²) in [7, 11) is -1.04. The number of benzene rings is 3. The van der Waals surface area contributed by atoms with Crippen LogP contribution in [0.2, 0.25) is 0 Å². The van der Waals surface area contributed by atoms with Gasteiger partial charge >= 0.3 is 0 Å². The van der Waals surface area contributed by atoms with Crippen LogP contribution in [0.1, 0.15) is 11.1 Å². The van der Waals surface area contributed by atoms with E-state index >= 15 is 0 Å². The van der Waals surface area contributed by atoms with E-state index in [-0.39, 0.29) is 15.2 Å². The van der Waals surface area contributed by atoms with Gasteiger partial charge in [-0.15, -0.1) is 0 Å². The van der Waals surface area contributed by atoms with E-state index in [9.17, 15) is 13.2 Å². The van der Waals surface area contributed by atoms with Crippen LogP contribution in [0.4, 0.5) is 0 Å². The van der Waals surface area contributed by atoms with Crippen LogP contribution >= 0.6 is 0 Å². The van der Waals surface area contributed by atoms with Gasteiger partial charge in [0.25, 0.3) is 0 Å². The SMILES string of the molecule is COc1cc2c(=O)c(S(=O)(=O)c3ccccc3)cn(Cc3cccc(C)c3)c2cc1OC. The van der Waals surface area contributed by atoms with Gasteiger partial charge in [-0.05, 0) is 30.7 Å². The number of hydrogen-bond donors (Lipinski definition) is 0. The average Bonchev–Trinajstić information content (AvgIpc) is 2.80. The predicted octanol–water partition coefficient (Wildman–Crippen LogP) is 4.21. The highest BCUT2D eigenvalue weighted by Crippen LogP contribution is 2.32. The Labute approximate surface area is 186 Å². The fourth-order valence-electron chi connectivity index (χ4n) is 3.75. The molecule has 0 spiro atoms. The van der Waals surface area contributed by atoms with E-state index in [0.717, 1.165) is 11.1 Å². The van der Waals surface area contributed by atoms with Crippen LogP contribution < -0.4 is 14.9 Å². The summed E-state index contributed by atoms with van der Waals surface area (Å²) in [5.41, 5.74) is 2.04. The number of sulfone groups is 1. The minimum Gasteiger partial charge on any atom is -0.493 e. The molecule has 0 saturated heterocycles. The first-order valence-electron chi connectivity index (χ1n) is 10.00. The van der Waals surface area contributed by atoms with Gasteiger partial charge in [-0.25, -0.2) is 8.42 Å². The molecule has 7 heteroatoms. The molecule has 0 aliphatic rings. The molecule has 0 amide bonds. The lowest BCUT2D eigenvalue weighted by Gasteiger charge is -2.17. The molecular formula is C25H23NO5S. The second-order valence-corrected chi connectivity index (χ2v) is 9.40. The Morgan fingerprint density at radius 1 is 0.875 bits per heavy atom. The molecule has 0 unspecified atom stereocenters. The van der Waals surface area contributed by atoms with Gasteiger partial charge in [-0.3, -0.25) is 4.79 Å². The third-order valence-electron chi connectivity index (χ3n) is 5.33. The van der Waals surface area contributed by atoms with Gasteiger partial charge in [0.2, 0.25) is 15.3 Å². The first-order valence-corrected chi connectivity index (χ1v) is 11.5. The Kier molecular flexibility index (Phi) is 5.76. The molecule has 0 aliphatic heterocycles. The minimum atomic E-state index is -4.02. The van der Waals surface area contributed by atoms with Crippen molar-refractivity contribution in [2.75, 3.05) is 14.2 Å². The van der Waals surface area contributed by atoms with E-state index < -0.39 is 15.3 Å². The van der Waals surface area contributed by atoms with Crippen LogP contribution in [0.3, 0.4) is 0 Å². The van der Waals surface area contributed by atoms with Crippen molar-refractivity contribution in [3.8, 4) is 11.5 Å². The molecule has 0 saturated carbocycles. The lowest BCUT2D eigenvalue weighted by molar-refractivity contribution is 0.355. The fraction of sp³-hybridized carbons (Fsp3) is 0.160.